The first-order valence-electron chi connectivity index (χ1n) is 18.9. The number of anilines is 2. The van der Waals surface area contributed by atoms with E-state index in [4.69, 9.17) is 43.4 Å². The van der Waals surface area contributed by atoms with E-state index in [2.05, 4.69) is 29.9 Å². The molecule has 2 aliphatic rings. The summed E-state index contributed by atoms with van der Waals surface area (Å²) in [6.45, 7) is 18.2. The van der Waals surface area contributed by atoms with E-state index in [9.17, 15) is 33.7 Å². The van der Waals surface area contributed by atoms with Gasteiger partial charge in [-0.05, 0) is 36.3 Å². The Balaban J connectivity index is 1.34. The number of aromatic amines is 1. The molecule has 6 heterocycles. The van der Waals surface area contributed by atoms with Gasteiger partial charge in [0, 0.05) is 0 Å². The van der Waals surface area contributed by atoms with Crippen molar-refractivity contribution in [1.29, 1.82) is 0 Å². The number of H-pyrrole nitrogens is 1. The molecule has 0 amide bonds. The lowest BCUT2D eigenvalue weighted by atomic mass is 10.1. The van der Waals surface area contributed by atoms with E-state index in [0.29, 0.717) is 5.65 Å². The number of nitrogen functional groups attached to an aromatic ring is 2. The fraction of sp³-hybridized carbons (Fsp3) is 0.688. The number of nitrogens with two attached hydrogens (primary N) is 2. The van der Waals surface area contributed by atoms with E-state index >= 15 is 0 Å². The van der Waals surface area contributed by atoms with Crippen molar-refractivity contribution in [2.75, 3.05) is 24.7 Å². The number of aromatic nitrogens is 8. The molecule has 6 rings (SSSR count). The molecule has 0 spiro atoms. The van der Waals surface area contributed by atoms with Gasteiger partial charge < -0.3 is 49.6 Å². The molecule has 0 aromatic carbocycles. The zero-order chi connectivity index (χ0) is 44.5. The first-order chi connectivity index (χ1) is 27.5. The first-order valence-corrected chi connectivity index (χ1v) is 27.7. The van der Waals surface area contributed by atoms with Crippen molar-refractivity contribution < 1.29 is 60.8 Å². The van der Waals surface area contributed by atoms with Crippen molar-refractivity contribution in [1.82, 2.24) is 39.0 Å². The van der Waals surface area contributed by atoms with Crippen LogP contribution in [0.15, 0.2) is 23.8 Å². The van der Waals surface area contributed by atoms with E-state index in [1.165, 1.54) is 21.8 Å². The van der Waals surface area contributed by atoms with Crippen LogP contribution < -0.4 is 17.0 Å². The van der Waals surface area contributed by atoms with Crippen molar-refractivity contribution in [2.45, 2.75) is 127 Å². The second kappa shape index (κ2) is 16.3. The molecule has 2 aliphatic heterocycles. The summed E-state index contributed by atoms with van der Waals surface area (Å²) in [5.74, 6) is -0.159. The fourth-order valence-electron chi connectivity index (χ4n) is 6.27. The Morgan fingerprint density at radius 3 is 1.92 bits per heavy atom. The number of ether oxygens (including phenoxy) is 2. The summed E-state index contributed by atoms with van der Waals surface area (Å²) >= 11 is 0. The summed E-state index contributed by atoms with van der Waals surface area (Å²) in [5, 5.41) is 11.0. The molecule has 0 bridgehead atoms. The van der Waals surface area contributed by atoms with Crippen LogP contribution in [0.5, 0.6) is 0 Å². The molecule has 2 fully saturated rings. The third kappa shape index (κ3) is 9.47. The molecule has 24 nitrogen and oxygen atoms in total. The van der Waals surface area contributed by atoms with Crippen molar-refractivity contribution in [3.63, 3.8) is 0 Å². The van der Waals surface area contributed by atoms with Gasteiger partial charge in [0.15, 0.2) is 51.7 Å². The Morgan fingerprint density at radius 2 is 1.32 bits per heavy atom. The predicted molar refractivity (Wildman–Crippen MR) is 219 cm³/mol. The van der Waals surface area contributed by atoms with Gasteiger partial charge in [0.1, 0.15) is 48.5 Å². The van der Waals surface area contributed by atoms with E-state index in [1.807, 2.05) is 67.7 Å². The first kappa shape index (κ1) is 46.5. The number of phosphoric acid groups is 2. The molecule has 5 unspecified atom stereocenters. The van der Waals surface area contributed by atoms with Crippen LogP contribution in [-0.2, 0) is 41.0 Å². The maximum atomic E-state index is 14.1. The lowest BCUT2D eigenvalue weighted by molar-refractivity contribution is -0.0609. The van der Waals surface area contributed by atoms with Gasteiger partial charge in [-0.3, -0.25) is 32.5 Å². The molecule has 0 aliphatic carbocycles. The molecule has 0 radical (unpaired) electrons. The van der Waals surface area contributed by atoms with Gasteiger partial charge in [0.25, 0.3) is 5.56 Å². The zero-order valence-electron chi connectivity index (χ0n) is 34.8. The second-order valence-electron chi connectivity index (χ2n) is 17.8. The maximum absolute atomic E-state index is 14.1. The number of aliphatic hydroxyl groups excluding tert-OH is 1. The Bertz CT molecular complexity index is 2360. The summed E-state index contributed by atoms with van der Waals surface area (Å²) in [6, 6.07) is 0. The lowest BCUT2D eigenvalue weighted by Crippen LogP contribution is -2.50. The number of phosphoric ester groups is 2. The SMILES string of the molecule is CC(C)(C)[Si](C)(C)OC1C(O)[C@@H](COP(=O)(O)OC2C(O[Si](C)(C)C(C)(C)C)[C@@H](COP(=O)(O)O)O[C@H]2n2cnc3c(=O)[nH]c(N)nc32)O[C@H]1n1cnc2c(N)ncnc21. The second-order valence-corrected chi connectivity index (χ2v) is 29.9. The number of rotatable bonds is 14. The topological polar surface area (TPSA) is 339 Å². The molecular formula is C32H54N10O14P2Si2. The van der Waals surface area contributed by atoms with E-state index in [-0.39, 0.29) is 33.5 Å². The maximum Gasteiger partial charge on any atom is 0.472 e. The Hall–Kier alpha value is -3.05. The summed E-state index contributed by atoms with van der Waals surface area (Å²) in [4.78, 5) is 66.7. The molecule has 28 heteroatoms. The van der Waals surface area contributed by atoms with Gasteiger partial charge in [-0.2, -0.15) is 4.98 Å². The van der Waals surface area contributed by atoms with E-state index in [0.717, 1.165) is 6.33 Å². The van der Waals surface area contributed by atoms with Crippen LogP contribution in [0.4, 0.5) is 11.8 Å². The van der Waals surface area contributed by atoms with Crippen molar-refractivity contribution in [3.8, 4) is 0 Å². The normalized spacial score (nSPS) is 27.0. The predicted octanol–water partition coefficient (Wildman–Crippen LogP) is 2.67. The minimum absolute atomic E-state index is 0.105. The Morgan fingerprint density at radius 1 is 0.783 bits per heavy atom. The highest BCUT2D eigenvalue weighted by atomic mass is 31.2. The zero-order valence-corrected chi connectivity index (χ0v) is 38.6. The summed E-state index contributed by atoms with van der Waals surface area (Å²) in [7, 11) is -15.8. The average molecular weight is 921 g/mol. The van der Waals surface area contributed by atoms with Crippen molar-refractivity contribution >= 4 is 66.4 Å². The molecule has 4 aromatic rings. The number of hydrogen-bond donors (Lipinski definition) is 7. The van der Waals surface area contributed by atoms with E-state index < -0.39 is 105 Å². The Kier molecular flexibility index (Phi) is 12.6. The van der Waals surface area contributed by atoms with Crippen LogP contribution in [0.3, 0.4) is 0 Å². The molecule has 9 N–H and O–H groups in total. The van der Waals surface area contributed by atoms with Crippen LogP contribution in [-0.4, -0.2) is 125 Å². The molecule has 2 saturated heterocycles. The Labute approximate surface area is 346 Å². The van der Waals surface area contributed by atoms with Crippen LogP contribution in [0, 0.1) is 0 Å². The number of nitrogens with zero attached hydrogens (tertiary/aromatic N) is 7. The molecule has 334 valence electrons. The average Bonchev–Trinajstić information content (AvgIpc) is 3.86. The number of imidazole rings is 2. The quantitative estimate of drug-likeness (QED) is 0.0706. The van der Waals surface area contributed by atoms with Crippen LogP contribution in [0.1, 0.15) is 54.0 Å². The molecule has 60 heavy (non-hydrogen) atoms. The third-order valence-corrected chi connectivity index (χ3v) is 21.9. The highest BCUT2D eigenvalue weighted by Gasteiger charge is 2.56. The molecular weight excluding hydrogens is 867 g/mol. The van der Waals surface area contributed by atoms with Gasteiger partial charge in [-0.25, -0.2) is 29.1 Å². The van der Waals surface area contributed by atoms with Gasteiger partial charge in [0.05, 0.1) is 25.9 Å². The highest BCUT2D eigenvalue weighted by Crippen LogP contribution is 2.53. The smallest absolute Gasteiger partial charge is 0.408 e. The van der Waals surface area contributed by atoms with Gasteiger partial charge in [-0.1, -0.05) is 41.5 Å². The van der Waals surface area contributed by atoms with Crippen molar-refractivity contribution in [3.05, 3.63) is 29.3 Å². The summed E-state index contributed by atoms with van der Waals surface area (Å²) < 4.78 is 71.0. The summed E-state index contributed by atoms with van der Waals surface area (Å²) in [5.41, 5.74) is 11.5. The number of hydrogen-bond acceptors (Lipinski definition) is 18. The van der Waals surface area contributed by atoms with Crippen molar-refractivity contribution in [2.24, 2.45) is 0 Å². The van der Waals surface area contributed by atoms with Crippen LogP contribution in [0.2, 0.25) is 36.3 Å². The number of nitrogens with one attached hydrogen (secondary N) is 1. The highest BCUT2D eigenvalue weighted by molar-refractivity contribution is 7.47. The monoisotopic (exact) mass is 920 g/mol. The standard InChI is InChI=1S/C32H54N10O14P2Si2/c1-31(2,3)59(7,8)55-21-17(12-50-57(45,46)47)53-29(42-15-38-19-26(42)39-30(34)40-27(19)44)23(21)54-58(48,49)51-11-16-20(43)22(56-60(9,10)32(4,5)6)28(52-16)41-14-37-18-24(33)35-13-36-25(18)41/h13-17,20-23,28-29,43H,11-12H2,1-10H3,(H,48,49)(H2,33,35,36)(H2,45,46,47)(H3,34,39,40,44)/t16-,17-,20?,21?,22?,23?,28-,29-/m1/s1. The summed E-state index contributed by atoms with van der Waals surface area (Å²) in [6.07, 6.45) is -6.72. The van der Waals surface area contributed by atoms with Gasteiger partial charge in [0.2, 0.25) is 5.95 Å². The van der Waals surface area contributed by atoms with Crippen LogP contribution in [0.25, 0.3) is 22.3 Å². The number of aliphatic hydroxyl groups is 1. The van der Waals surface area contributed by atoms with Crippen LogP contribution >= 0.6 is 15.6 Å². The lowest BCUT2D eigenvalue weighted by Gasteiger charge is -2.40. The minimum Gasteiger partial charge on any atom is -0.408 e. The third-order valence-electron chi connectivity index (χ3n) is 11.5. The molecule has 4 aromatic heterocycles. The largest absolute Gasteiger partial charge is 0.472 e. The molecule has 0 saturated carbocycles. The number of fused-ring (bicyclic) bond motifs is 2. The van der Waals surface area contributed by atoms with E-state index in [1.54, 1.807) is 0 Å². The minimum atomic E-state index is -5.24. The molecule has 9 atom stereocenters. The fourth-order valence-corrected chi connectivity index (χ4v) is 10.1. The van der Waals surface area contributed by atoms with Gasteiger partial charge in [-0.15, -0.1) is 0 Å². The van der Waals surface area contributed by atoms with Gasteiger partial charge >= 0.3 is 15.6 Å².